The summed E-state index contributed by atoms with van der Waals surface area (Å²) < 4.78 is 0. The molecule has 2 unspecified atom stereocenters. The van der Waals surface area contributed by atoms with Crippen LogP contribution in [0.1, 0.15) is 37.1 Å². The number of thioether (sulfide) groups is 1. The summed E-state index contributed by atoms with van der Waals surface area (Å²) in [5.41, 5.74) is 2.45. The van der Waals surface area contributed by atoms with Gasteiger partial charge in [-0.1, -0.05) is 29.8 Å². The lowest BCUT2D eigenvalue weighted by Crippen LogP contribution is -2.42. The van der Waals surface area contributed by atoms with Gasteiger partial charge in [-0.2, -0.15) is 11.8 Å². The summed E-state index contributed by atoms with van der Waals surface area (Å²) >= 11 is 2.00. The Morgan fingerprint density at radius 1 is 1.30 bits per heavy atom. The molecule has 0 aliphatic carbocycles. The summed E-state index contributed by atoms with van der Waals surface area (Å²) in [6.07, 6.45) is 2.28. The molecule has 0 radical (unpaired) electrons. The van der Waals surface area contributed by atoms with Crippen LogP contribution in [0.2, 0.25) is 0 Å². The fraction of sp³-hybridized carbons (Fsp3) is 0.562. The molecule has 0 bridgehead atoms. The van der Waals surface area contributed by atoms with Crippen LogP contribution in [0.4, 0.5) is 0 Å². The van der Waals surface area contributed by atoms with E-state index in [0.717, 1.165) is 12.8 Å². The first-order chi connectivity index (χ1) is 9.66. The van der Waals surface area contributed by atoms with Gasteiger partial charge in [0.15, 0.2) is 0 Å². The van der Waals surface area contributed by atoms with Crippen molar-refractivity contribution in [2.45, 2.75) is 44.9 Å². The maximum atomic E-state index is 12.5. The molecule has 1 N–H and O–H groups in total. The number of benzene rings is 1. The highest BCUT2D eigenvalue weighted by Crippen LogP contribution is 2.33. The standard InChI is InChI=1S/C16H22N2OS/c1-11-4-3-5-13(10-11)15-17-12(2)16(19)18(15)14-6-8-20-9-7-14/h3-5,10,12,14-15,17H,6-9H2,1-2H3. The first-order valence-corrected chi connectivity index (χ1v) is 8.55. The van der Waals surface area contributed by atoms with Gasteiger partial charge >= 0.3 is 0 Å². The highest BCUT2D eigenvalue weighted by atomic mass is 32.2. The molecule has 1 amide bonds. The van der Waals surface area contributed by atoms with E-state index in [9.17, 15) is 4.79 Å². The maximum Gasteiger partial charge on any atom is 0.241 e. The Balaban J connectivity index is 1.89. The topological polar surface area (TPSA) is 32.3 Å². The Hall–Kier alpha value is -1.00. The van der Waals surface area contributed by atoms with Crippen LogP contribution in [0, 0.1) is 6.92 Å². The minimum absolute atomic E-state index is 0.0468. The third-order valence-electron chi connectivity index (χ3n) is 4.25. The zero-order valence-corrected chi connectivity index (χ0v) is 13.0. The highest BCUT2D eigenvalue weighted by molar-refractivity contribution is 7.99. The minimum Gasteiger partial charge on any atom is -0.319 e. The number of nitrogens with zero attached hydrogens (tertiary/aromatic N) is 1. The van der Waals surface area contributed by atoms with Gasteiger partial charge in [-0.3, -0.25) is 10.1 Å². The summed E-state index contributed by atoms with van der Waals surface area (Å²) in [4.78, 5) is 14.6. The summed E-state index contributed by atoms with van der Waals surface area (Å²) in [6.45, 7) is 4.08. The summed E-state index contributed by atoms with van der Waals surface area (Å²) in [6, 6.07) is 8.82. The number of amides is 1. The van der Waals surface area contributed by atoms with E-state index in [1.165, 1.54) is 22.6 Å². The van der Waals surface area contributed by atoms with Crippen molar-refractivity contribution in [3.63, 3.8) is 0 Å². The summed E-state index contributed by atoms with van der Waals surface area (Å²) in [5.74, 6) is 2.60. The van der Waals surface area contributed by atoms with Gasteiger partial charge in [0.25, 0.3) is 0 Å². The second-order valence-electron chi connectivity index (χ2n) is 5.79. The lowest BCUT2D eigenvalue weighted by atomic mass is 10.1. The average Bonchev–Trinajstić information content (AvgIpc) is 2.76. The van der Waals surface area contributed by atoms with Crippen molar-refractivity contribution >= 4 is 17.7 Å². The predicted molar refractivity (Wildman–Crippen MR) is 83.7 cm³/mol. The van der Waals surface area contributed by atoms with Gasteiger partial charge < -0.3 is 4.90 Å². The molecule has 2 aliphatic heterocycles. The lowest BCUT2D eigenvalue weighted by Gasteiger charge is -2.35. The van der Waals surface area contributed by atoms with Crippen molar-refractivity contribution in [2.24, 2.45) is 0 Å². The van der Waals surface area contributed by atoms with E-state index in [1.54, 1.807) is 0 Å². The van der Waals surface area contributed by atoms with Gasteiger partial charge in [0.2, 0.25) is 5.91 Å². The second-order valence-corrected chi connectivity index (χ2v) is 7.02. The highest BCUT2D eigenvalue weighted by Gasteiger charge is 2.41. The van der Waals surface area contributed by atoms with Crippen LogP contribution < -0.4 is 5.32 Å². The molecular formula is C16H22N2OS. The monoisotopic (exact) mass is 290 g/mol. The summed E-state index contributed by atoms with van der Waals surface area (Å²) in [5, 5.41) is 3.46. The molecule has 3 nitrogen and oxygen atoms in total. The number of hydrogen-bond donors (Lipinski definition) is 1. The molecule has 2 fully saturated rings. The van der Waals surface area contributed by atoms with Crippen LogP contribution in [0.5, 0.6) is 0 Å². The molecule has 0 spiro atoms. The van der Waals surface area contributed by atoms with Crippen molar-refractivity contribution in [3.8, 4) is 0 Å². The van der Waals surface area contributed by atoms with Gasteiger partial charge in [0.05, 0.1) is 6.04 Å². The van der Waals surface area contributed by atoms with Crippen molar-refractivity contribution in [1.29, 1.82) is 0 Å². The van der Waals surface area contributed by atoms with Crippen molar-refractivity contribution in [2.75, 3.05) is 11.5 Å². The number of aryl methyl sites for hydroxylation is 1. The quantitative estimate of drug-likeness (QED) is 0.909. The molecule has 1 aromatic carbocycles. The van der Waals surface area contributed by atoms with Gasteiger partial charge in [-0.25, -0.2) is 0 Å². The minimum atomic E-state index is -0.0740. The van der Waals surface area contributed by atoms with Gasteiger partial charge in [0, 0.05) is 6.04 Å². The second kappa shape index (κ2) is 5.78. The van der Waals surface area contributed by atoms with Crippen LogP contribution in [0.3, 0.4) is 0 Å². The number of hydrogen-bond acceptors (Lipinski definition) is 3. The molecule has 2 atom stereocenters. The van der Waals surface area contributed by atoms with E-state index in [2.05, 4.69) is 41.4 Å². The van der Waals surface area contributed by atoms with Gasteiger partial charge in [-0.15, -0.1) is 0 Å². The lowest BCUT2D eigenvalue weighted by molar-refractivity contribution is -0.132. The molecule has 2 heterocycles. The molecule has 4 heteroatoms. The largest absolute Gasteiger partial charge is 0.319 e. The van der Waals surface area contributed by atoms with Crippen molar-refractivity contribution in [1.82, 2.24) is 10.2 Å². The van der Waals surface area contributed by atoms with Crippen LogP contribution in [0.25, 0.3) is 0 Å². The first kappa shape index (κ1) is 14.0. The predicted octanol–water partition coefficient (Wildman–Crippen LogP) is 2.71. The molecule has 108 valence electrons. The Labute approximate surface area is 125 Å². The molecule has 2 aliphatic rings. The van der Waals surface area contributed by atoms with Crippen LogP contribution in [-0.4, -0.2) is 34.4 Å². The van der Waals surface area contributed by atoms with E-state index < -0.39 is 0 Å². The summed E-state index contributed by atoms with van der Waals surface area (Å²) in [7, 11) is 0. The first-order valence-electron chi connectivity index (χ1n) is 7.39. The fourth-order valence-electron chi connectivity index (χ4n) is 3.19. The Morgan fingerprint density at radius 2 is 2.05 bits per heavy atom. The zero-order chi connectivity index (χ0) is 14.1. The molecule has 0 aromatic heterocycles. The molecule has 1 aromatic rings. The number of rotatable bonds is 2. The van der Waals surface area contributed by atoms with Crippen LogP contribution >= 0.6 is 11.8 Å². The zero-order valence-electron chi connectivity index (χ0n) is 12.1. The fourth-order valence-corrected chi connectivity index (χ4v) is 4.27. The van der Waals surface area contributed by atoms with E-state index in [-0.39, 0.29) is 18.1 Å². The Kier molecular flexibility index (Phi) is 4.03. The Morgan fingerprint density at radius 3 is 2.75 bits per heavy atom. The molecule has 3 rings (SSSR count). The average molecular weight is 290 g/mol. The molecule has 20 heavy (non-hydrogen) atoms. The van der Waals surface area contributed by atoms with E-state index >= 15 is 0 Å². The van der Waals surface area contributed by atoms with Gasteiger partial charge in [0.1, 0.15) is 6.17 Å². The number of nitrogens with one attached hydrogen (secondary N) is 1. The van der Waals surface area contributed by atoms with Crippen LogP contribution in [0.15, 0.2) is 24.3 Å². The number of carbonyl (C=O) groups excluding carboxylic acids is 1. The number of carbonyl (C=O) groups is 1. The molecular weight excluding hydrogens is 268 g/mol. The third kappa shape index (κ3) is 2.59. The van der Waals surface area contributed by atoms with Gasteiger partial charge in [-0.05, 0) is 43.8 Å². The Bertz CT molecular complexity index is 499. The van der Waals surface area contributed by atoms with Crippen molar-refractivity contribution in [3.05, 3.63) is 35.4 Å². The smallest absolute Gasteiger partial charge is 0.241 e. The normalized spacial score (nSPS) is 28.1. The maximum absolute atomic E-state index is 12.5. The third-order valence-corrected chi connectivity index (χ3v) is 5.30. The molecule has 2 saturated heterocycles. The molecule has 0 saturated carbocycles. The van der Waals surface area contributed by atoms with E-state index in [4.69, 9.17) is 0 Å². The SMILES string of the molecule is Cc1cccc(C2NC(C)C(=O)N2C2CCSCC2)c1. The van der Waals surface area contributed by atoms with Crippen LogP contribution in [-0.2, 0) is 4.79 Å². The van der Waals surface area contributed by atoms with E-state index in [0.29, 0.717) is 6.04 Å². The van der Waals surface area contributed by atoms with E-state index in [1.807, 2.05) is 18.7 Å². The van der Waals surface area contributed by atoms with Crippen molar-refractivity contribution < 1.29 is 4.79 Å².